The van der Waals surface area contributed by atoms with Gasteiger partial charge in [-0.05, 0) is 42.0 Å². The normalized spacial score (nSPS) is 11.4. The monoisotopic (exact) mass is 329 g/mol. The van der Waals surface area contributed by atoms with Crippen molar-refractivity contribution in [3.8, 4) is 11.5 Å². The third-order valence-corrected chi connectivity index (χ3v) is 3.52. The molecule has 0 aliphatic carbocycles. The maximum Gasteiger partial charge on any atom is 0.328 e. The number of hydrogen-bond acceptors (Lipinski definition) is 5. The zero-order valence-corrected chi connectivity index (χ0v) is 13.5. The number of rotatable bonds is 6. The summed E-state index contributed by atoms with van der Waals surface area (Å²) in [5.74, 6) is -0.146. The molecule has 1 atom stereocenters. The highest BCUT2D eigenvalue weighted by Crippen LogP contribution is 2.14. The summed E-state index contributed by atoms with van der Waals surface area (Å²) in [6, 6.07) is 12.2. The number of benzene rings is 2. The second-order valence-electron chi connectivity index (χ2n) is 5.15. The van der Waals surface area contributed by atoms with E-state index >= 15 is 0 Å². The van der Waals surface area contributed by atoms with Crippen LogP contribution < -0.4 is 10.1 Å². The van der Waals surface area contributed by atoms with Crippen molar-refractivity contribution in [1.29, 1.82) is 0 Å². The van der Waals surface area contributed by atoms with Crippen molar-refractivity contribution in [2.75, 3.05) is 14.2 Å². The highest BCUT2D eigenvalue weighted by molar-refractivity contribution is 5.96. The molecule has 6 nitrogen and oxygen atoms in total. The fraction of sp³-hybridized carbons (Fsp3) is 0.222. The fourth-order valence-electron chi connectivity index (χ4n) is 2.19. The lowest BCUT2D eigenvalue weighted by atomic mass is 10.1. The van der Waals surface area contributed by atoms with Crippen molar-refractivity contribution in [2.45, 2.75) is 12.5 Å². The van der Waals surface area contributed by atoms with Crippen LogP contribution >= 0.6 is 0 Å². The summed E-state index contributed by atoms with van der Waals surface area (Å²) in [4.78, 5) is 24.3. The van der Waals surface area contributed by atoms with Gasteiger partial charge in [0.1, 0.15) is 17.5 Å². The van der Waals surface area contributed by atoms with Crippen LogP contribution in [0.4, 0.5) is 0 Å². The second kappa shape index (κ2) is 8.01. The molecule has 1 amide bonds. The number of ether oxygens (including phenoxy) is 2. The quantitative estimate of drug-likeness (QED) is 0.791. The van der Waals surface area contributed by atoms with E-state index in [0.29, 0.717) is 11.3 Å². The predicted octanol–water partition coefficient (Wildman–Crippen LogP) is 1.91. The zero-order valence-electron chi connectivity index (χ0n) is 13.5. The van der Waals surface area contributed by atoms with Gasteiger partial charge >= 0.3 is 5.97 Å². The Balaban J connectivity index is 2.11. The number of esters is 1. The minimum atomic E-state index is -0.825. The summed E-state index contributed by atoms with van der Waals surface area (Å²) in [6.07, 6.45) is 0.259. The van der Waals surface area contributed by atoms with Gasteiger partial charge in [0.05, 0.1) is 14.2 Å². The largest absolute Gasteiger partial charge is 0.508 e. The molecule has 0 fully saturated rings. The molecule has 0 saturated carbocycles. The molecule has 2 aromatic carbocycles. The van der Waals surface area contributed by atoms with Gasteiger partial charge in [0.15, 0.2) is 0 Å². The van der Waals surface area contributed by atoms with E-state index in [9.17, 15) is 14.7 Å². The van der Waals surface area contributed by atoms with Crippen LogP contribution in [0.2, 0.25) is 0 Å². The maximum absolute atomic E-state index is 12.3. The summed E-state index contributed by atoms with van der Waals surface area (Å²) in [6.45, 7) is 0. The fourth-order valence-corrected chi connectivity index (χ4v) is 2.19. The van der Waals surface area contributed by atoms with Crippen LogP contribution in [0.1, 0.15) is 15.9 Å². The molecule has 24 heavy (non-hydrogen) atoms. The molecular weight excluding hydrogens is 310 g/mol. The van der Waals surface area contributed by atoms with E-state index in [2.05, 4.69) is 5.32 Å². The Kier molecular flexibility index (Phi) is 5.78. The van der Waals surface area contributed by atoms with E-state index in [-0.39, 0.29) is 18.1 Å². The maximum atomic E-state index is 12.3. The van der Waals surface area contributed by atoms with Crippen molar-refractivity contribution in [3.63, 3.8) is 0 Å². The number of carbonyl (C=O) groups is 2. The Morgan fingerprint density at radius 1 is 1.04 bits per heavy atom. The Labute approximate surface area is 140 Å². The molecular formula is C18H19NO5. The molecule has 0 unspecified atom stereocenters. The van der Waals surface area contributed by atoms with Gasteiger partial charge in [-0.15, -0.1) is 0 Å². The number of nitrogens with one attached hydrogen (secondary N) is 1. The van der Waals surface area contributed by atoms with Gasteiger partial charge in [0.2, 0.25) is 0 Å². The molecule has 0 radical (unpaired) electrons. The van der Waals surface area contributed by atoms with Crippen molar-refractivity contribution >= 4 is 11.9 Å². The van der Waals surface area contributed by atoms with Crippen LogP contribution in [0.25, 0.3) is 0 Å². The van der Waals surface area contributed by atoms with E-state index in [0.717, 1.165) is 5.56 Å². The average Bonchev–Trinajstić information content (AvgIpc) is 2.62. The van der Waals surface area contributed by atoms with Crippen LogP contribution in [0.5, 0.6) is 11.5 Å². The number of amides is 1. The Morgan fingerprint density at radius 3 is 2.21 bits per heavy atom. The first-order valence-electron chi connectivity index (χ1n) is 7.34. The van der Waals surface area contributed by atoms with Gasteiger partial charge in [-0.25, -0.2) is 4.79 Å². The Morgan fingerprint density at radius 2 is 1.67 bits per heavy atom. The highest BCUT2D eigenvalue weighted by atomic mass is 16.5. The van der Waals surface area contributed by atoms with Gasteiger partial charge in [0, 0.05) is 12.0 Å². The van der Waals surface area contributed by atoms with Gasteiger partial charge < -0.3 is 19.9 Å². The zero-order chi connectivity index (χ0) is 17.5. The average molecular weight is 329 g/mol. The minimum Gasteiger partial charge on any atom is -0.508 e. The van der Waals surface area contributed by atoms with Crippen LogP contribution in [0, 0.1) is 0 Å². The van der Waals surface area contributed by atoms with Gasteiger partial charge in [0.25, 0.3) is 5.91 Å². The number of phenolic OH excluding ortho intramolecular Hbond substituents is 1. The topological polar surface area (TPSA) is 84.9 Å². The highest BCUT2D eigenvalue weighted by Gasteiger charge is 2.22. The van der Waals surface area contributed by atoms with Crippen LogP contribution in [-0.2, 0) is 16.0 Å². The summed E-state index contributed by atoms with van der Waals surface area (Å²) in [5.41, 5.74) is 1.20. The summed E-state index contributed by atoms with van der Waals surface area (Å²) in [5, 5.41) is 12.0. The molecule has 6 heteroatoms. The Bertz CT molecular complexity index is 694. The number of phenols is 1. The lowest BCUT2D eigenvalue weighted by molar-refractivity contribution is -0.142. The summed E-state index contributed by atoms with van der Waals surface area (Å²) < 4.78 is 9.81. The second-order valence-corrected chi connectivity index (χ2v) is 5.15. The number of aromatic hydroxyl groups is 1. The predicted molar refractivity (Wildman–Crippen MR) is 88.1 cm³/mol. The van der Waals surface area contributed by atoms with Crippen molar-refractivity contribution < 1.29 is 24.2 Å². The lowest BCUT2D eigenvalue weighted by Crippen LogP contribution is -2.43. The molecule has 2 N–H and O–H groups in total. The molecule has 0 bridgehead atoms. The van der Waals surface area contributed by atoms with Crippen LogP contribution in [0.15, 0.2) is 48.5 Å². The molecule has 2 rings (SSSR count). The summed E-state index contributed by atoms with van der Waals surface area (Å²) >= 11 is 0. The summed E-state index contributed by atoms with van der Waals surface area (Å²) in [7, 11) is 2.81. The van der Waals surface area contributed by atoms with Gasteiger partial charge in [-0.3, -0.25) is 4.79 Å². The van der Waals surface area contributed by atoms with E-state index in [1.54, 1.807) is 43.5 Å². The van der Waals surface area contributed by atoms with E-state index < -0.39 is 12.0 Å². The first-order chi connectivity index (χ1) is 11.5. The first-order valence-corrected chi connectivity index (χ1v) is 7.34. The molecule has 0 heterocycles. The molecule has 0 aliphatic rings. The first kappa shape index (κ1) is 17.3. The number of methoxy groups -OCH3 is 2. The molecule has 0 saturated heterocycles. The molecule has 2 aromatic rings. The smallest absolute Gasteiger partial charge is 0.328 e. The van der Waals surface area contributed by atoms with Crippen molar-refractivity contribution in [1.82, 2.24) is 5.32 Å². The standard InChI is InChI=1S/C18H19NO5/c1-23-15-9-5-13(6-10-15)17(21)19-16(18(22)24-2)11-12-3-7-14(20)8-4-12/h3-10,16,20H,11H2,1-2H3,(H,19,21)/t16-/m0/s1. The van der Waals surface area contributed by atoms with Crippen LogP contribution in [-0.4, -0.2) is 37.2 Å². The molecule has 126 valence electrons. The van der Waals surface area contributed by atoms with E-state index in [1.165, 1.54) is 19.2 Å². The molecule has 0 aliphatic heterocycles. The number of carbonyl (C=O) groups excluding carboxylic acids is 2. The SMILES string of the molecule is COC(=O)[C@H](Cc1ccc(O)cc1)NC(=O)c1ccc(OC)cc1. The van der Waals surface area contributed by atoms with Crippen LogP contribution in [0.3, 0.4) is 0 Å². The van der Waals surface area contributed by atoms with E-state index in [1.807, 2.05) is 0 Å². The van der Waals surface area contributed by atoms with Crippen molar-refractivity contribution in [2.24, 2.45) is 0 Å². The van der Waals surface area contributed by atoms with Crippen molar-refractivity contribution in [3.05, 3.63) is 59.7 Å². The van der Waals surface area contributed by atoms with Gasteiger partial charge in [-0.2, -0.15) is 0 Å². The van der Waals surface area contributed by atoms with Gasteiger partial charge in [-0.1, -0.05) is 12.1 Å². The third-order valence-electron chi connectivity index (χ3n) is 3.52. The lowest BCUT2D eigenvalue weighted by Gasteiger charge is -2.17. The molecule has 0 aromatic heterocycles. The Hall–Kier alpha value is -3.02. The van der Waals surface area contributed by atoms with E-state index in [4.69, 9.17) is 9.47 Å². The number of hydrogen-bond donors (Lipinski definition) is 2. The third kappa shape index (κ3) is 4.49. The minimum absolute atomic E-state index is 0.135. The molecule has 0 spiro atoms.